The first kappa shape index (κ1) is 12.5. The summed E-state index contributed by atoms with van der Waals surface area (Å²) in [4.78, 5) is 11.2. The van der Waals surface area contributed by atoms with Gasteiger partial charge in [0.05, 0.1) is 4.90 Å². The SMILES string of the molecule is NCCNC(=O)NS(=O)(=O)c1ccccc1. The molecule has 1 rings (SSSR count). The van der Waals surface area contributed by atoms with E-state index in [9.17, 15) is 13.2 Å². The van der Waals surface area contributed by atoms with Crippen LogP contribution in [-0.4, -0.2) is 27.5 Å². The molecule has 0 aliphatic rings. The molecular formula is C9H13N3O3S. The van der Waals surface area contributed by atoms with Crippen LogP contribution in [0.2, 0.25) is 0 Å². The Bertz CT molecular complexity index is 444. The van der Waals surface area contributed by atoms with E-state index in [-0.39, 0.29) is 18.0 Å². The van der Waals surface area contributed by atoms with Gasteiger partial charge in [0.2, 0.25) is 0 Å². The van der Waals surface area contributed by atoms with Crippen LogP contribution in [0.25, 0.3) is 0 Å². The summed E-state index contributed by atoms with van der Waals surface area (Å²) in [5.41, 5.74) is 5.16. The van der Waals surface area contributed by atoms with Gasteiger partial charge >= 0.3 is 6.03 Å². The third kappa shape index (κ3) is 3.52. The van der Waals surface area contributed by atoms with Crippen molar-refractivity contribution in [2.24, 2.45) is 5.73 Å². The average molecular weight is 243 g/mol. The summed E-state index contributed by atoms with van der Waals surface area (Å²) in [7, 11) is -3.79. The minimum absolute atomic E-state index is 0.0397. The molecule has 0 bridgehead atoms. The molecule has 16 heavy (non-hydrogen) atoms. The van der Waals surface area contributed by atoms with Gasteiger partial charge in [-0.15, -0.1) is 0 Å². The lowest BCUT2D eigenvalue weighted by atomic mass is 10.4. The number of amides is 2. The van der Waals surface area contributed by atoms with Crippen LogP contribution < -0.4 is 15.8 Å². The topological polar surface area (TPSA) is 101 Å². The minimum Gasteiger partial charge on any atom is -0.336 e. The molecule has 0 spiro atoms. The maximum atomic E-state index is 11.6. The molecule has 88 valence electrons. The van der Waals surface area contributed by atoms with Crippen LogP contribution in [0.5, 0.6) is 0 Å². The number of nitrogens with one attached hydrogen (secondary N) is 2. The Morgan fingerprint density at radius 1 is 1.25 bits per heavy atom. The number of sulfonamides is 1. The van der Waals surface area contributed by atoms with Crippen molar-refractivity contribution in [3.05, 3.63) is 30.3 Å². The summed E-state index contributed by atoms with van der Waals surface area (Å²) in [6.07, 6.45) is 0. The van der Waals surface area contributed by atoms with Crippen LogP contribution in [0.1, 0.15) is 0 Å². The smallest absolute Gasteiger partial charge is 0.328 e. The molecule has 4 N–H and O–H groups in total. The second-order valence-corrected chi connectivity index (χ2v) is 4.65. The highest BCUT2D eigenvalue weighted by Gasteiger charge is 2.16. The van der Waals surface area contributed by atoms with E-state index in [1.807, 2.05) is 4.72 Å². The highest BCUT2D eigenvalue weighted by Crippen LogP contribution is 2.06. The zero-order chi connectivity index (χ0) is 12.0. The Labute approximate surface area is 93.9 Å². The standard InChI is InChI=1S/C9H13N3O3S/c10-6-7-11-9(13)12-16(14,15)8-4-2-1-3-5-8/h1-5H,6-7,10H2,(H2,11,12,13). The van der Waals surface area contributed by atoms with Gasteiger partial charge in [0.15, 0.2) is 0 Å². The lowest BCUT2D eigenvalue weighted by Gasteiger charge is -2.07. The molecule has 0 aromatic heterocycles. The molecule has 7 heteroatoms. The second-order valence-electron chi connectivity index (χ2n) is 2.96. The number of nitrogens with two attached hydrogens (primary N) is 1. The molecule has 0 radical (unpaired) electrons. The van der Waals surface area contributed by atoms with Crippen LogP contribution in [0.3, 0.4) is 0 Å². The predicted molar refractivity (Wildman–Crippen MR) is 59.2 cm³/mol. The Balaban J connectivity index is 2.70. The molecule has 6 nitrogen and oxygen atoms in total. The van der Waals surface area contributed by atoms with Crippen molar-refractivity contribution in [3.63, 3.8) is 0 Å². The fourth-order valence-corrected chi connectivity index (χ4v) is 1.95. The quantitative estimate of drug-likeness (QED) is 0.671. The van der Waals surface area contributed by atoms with E-state index in [0.717, 1.165) is 0 Å². The van der Waals surface area contributed by atoms with Crippen molar-refractivity contribution >= 4 is 16.1 Å². The van der Waals surface area contributed by atoms with Crippen LogP contribution in [0.4, 0.5) is 4.79 Å². The Morgan fingerprint density at radius 2 is 1.88 bits per heavy atom. The molecule has 0 unspecified atom stereocenters. The molecule has 1 aromatic carbocycles. The van der Waals surface area contributed by atoms with Crippen molar-refractivity contribution in [2.75, 3.05) is 13.1 Å². The van der Waals surface area contributed by atoms with Crippen LogP contribution >= 0.6 is 0 Å². The van der Waals surface area contributed by atoms with E-state index in [2.05, 4.69) is 5.32 Å². The second kappa shape index (κ2) is 5.47. The molecule has 0 saturated heterocycles. The van der Waals surface area contributed by atoms with Gasteiger partial charge in [-0.1, -0.05) is 18.2 Å². The van der Waals surface area contributed by atoms with Crippen molar-refractivity contribution in [3.8, 4) is 0 Å². The van der Waals surface area contributed by atoms with Gasteiger partial charge < -0.3 is 11.1 Å². The van der Waals surface area contributed by atoms with Crippen LogP contribution in [0.15, 0.2) is 35.2 Å². The summed E-state index contributed by atoms with van der Waals surface area (Å²) in [6.45, 7) is 0.467. The first-order chi connectivity index (χ1) is 7.56. The third-order valence-corrected chi connectivity index (χ3v) is 3.06. The van der Waals surface area contributed by atoms with Gasteiger partial charge in [-0.2, -0.15) is 0 Å². The molecule has 0 saturated carbocycles. The summed E-state index contributed by atoms with van der Waals surface area (Å²) in [5, 5.41) is 2.30. The third-order valence-electron chi connectivity index (χ3n) is 1.71. The van der Waals surface area contributed by atoms with E-state index < -0.39 is 16.1 Å². The Kier molecular flexibility index (Phi) is 4.27. The van der Waals surface area contributed by atoms with Gasteiger partial charge in [-0.3, -0.25) is 0 Å². The fraction of sp³-hybridized carbons (Fsp3) is 0.222. The number of hydrogen-bond acceptors (Lipinski definition) is 4. The monoisotopic (exact) mass is 243 g/mol. The number of carbonyl (C=O) groups excluding carboxylic acids is 1. The summed E-state index contributed by atoms with van der Waals surface area (Å²) >= 11 is 0. The van der Waals surface area contributed by atoms with Crippen molar-refractivity contribution in [1.29, 1.82) is 0 Å². The van der Waals surface area contributed by atoms with E-state index in [1.54, 1.807) is 18.2 Å². The van der Waals surface area contributed by atoms with Crippen LogP contribution in [0, 0.1) is 0 Å². The normalized spacial score (nSPS) is 10.8. The molecule has 0 aliphatic heterocycles. The largest absolute Gasteiger partial charge is 0.336 e. The molecule has 0 heterocycles. The van der Waals surface area contributed by atoms with Crippen molar-refractivity contribution in [1.82, 2.24) is 10.0 Å². The highest BCUT2D eigenvalue weighted by molar-refractivity contribution is 7.90. The number of urea groups is 1. The lowest BCUT2D eigenvalue weighted by molar-refractivity contribution is 0.246. The molecule has 1 aromatic rings. The van der Waals surface area contributed by atoms with Gasteiger partial charge in [0, 0.05) is 13.1 Å². The maximum Gasteiger partial charge on any atom is 0.328 e. The average Bonchev–Trinajstić information content (AvgIpc) is 2.27. The maximum absolute atomic E-state index is 11.6. The molecule has 0 atom stereocenters. The van der Waals surface area contributed by atoms with Gasteiger partial charge in [0.25, 0.3) is 10.0 Å². The molecule has 0 fully saturated rings. The van der Waals surface area contributed by atoms with E-state index in [0.29, 0.717) is 0 Å². The van der Waals surface area contributed by atoms with Crippen molar-refractivity contribution < 1.29 is 13.2 Å². The lowest BCUT2D eigenvalue weighted by Crippen LogP contribution is -2.41. The molecule has 2 amide bonds. The van der Waals surface area contributed by atoms with Gasteiger partial charge in [-0.25, -0.2) is 17.9 Å². The first-order valence-electron chi connectivity index (χ1n) is 4.62. The van der Waals surface area contributed by atoms with Gasteiger partial charge in [-0.05, 0) is 12.1 Å². The van der Waals surface area contributed by atoms with E-state index >= 15 is 0 Å². The molecular weight excluding hydrogens is 230 g/mol. The van der Waals surface area contributed by atoms with E-state index in [1.165, 1.54) is 12.1 Å². The summed E-state index contributed by atoms with van der Waals surface area (Å²) in [6, 6.07) is 6.86. The Morgan fingerprint density at radius 3 is 2.44 bits per heavy atom. The fourth-order valence-electron chi connectivity index (χ4n) is 1.00. The Hall–Kier alpha value is -1.60. The number of benzene rings is 1. The zero-order valence-electron chi connectivity index (χ0n) is 8.51. The van der Waals surface area contributed by atoms with Crippen molar-refractivity contribution in [2.45, 2.75) is 4.90 Å². The van der Waals surface area contributed by atoms with Crippen LogP contribution in [-0.2, 0) is 10.0 Å². The van der Waals surface area contributed by atoms with Gasteiger partial charge in [0.1, 0.15) is 0 Å². The number of carbonyl (C=O) groups is 1. The zero-order valence-corrected chi connectivity index (χ0v) is 9.33. The summed E-state index contributed by atoms with van der Waals surface area (Å²) in [5.74, 6) is 0. The number of rotatable bonds is 4. The predicted octanol–water partition coefficient (Wildman–Crippen LogP) is -0.367. The van der Waals surface area contributed by atoms with E-state index in [4.69, 9.17) is 5.73 Å². The first-order valence-corrected chi connectivity index (χ1v) is 6.10. The highest BCUT2D eigenvalue weighted by atomic mass is 32.2. The minimum atomic E-state index is -3.79. The summed E-state index contributed by atoms with van der Waals surface area (Å²) < 4.78 is 25.1. The molecule has 0 aliphatic carbocycles. The number of hydrogen-bond donors (Lipinski definition) is 3.